The number of benzene rings is 1. The van der Waals surface area contributed by atoms with Gasteiger partial charge in [-0.2, -0.15) is 0 Å². The maximum atomic E-state index is 11.5. The zero-order valence-corrected chi connectivity index (χ0v) is 13.1. The van der Waals surface area contributed by atoms with Crippen LogP contribution in [0.4, 0.5) is 0 Å². The van der Waals surface area contributed by atoms with Gasteiger partial charge in [0.05, 0.1) is 12.7 Å². The molecule has 2 rings (SSSR count). The van der Waals surface area contributed by atoms with Crippen molar-refractivity contribution in [2.45, 2.75) is 44.9 Å². The summed E-state index contributed by atoms with van der Waals surface area (Å²) in [6.07, 6.45) is 4.11. The lowest BCUT2D eigenvalue weighted by Gasteiger charge is -2.39. The molecule has 1 aliphatic carbocycles. The van der Waals surface area contributed by atoms with E-state index >= 15 is 0 Å². The minimum atomic E-state index is -0.865. The van der Waals surface area contributed by atoms with Gasteiger partial charge in [0.15, 0.2) is 0 Å². The molecule has 0 heterocycles. The molecule has 0 spiro atoms. The zero-order chi connectivity index (χ0) is 15.6. The van der Waals surface area contributed by atoms with Crippen LogP contribution in [-0.4, -0.2) is 18.2 Å². The minimum Gasteiger partial charge on any atom is -0.497 e. The first-order valence-electron chi connectivity index (χ1n) is 7.44. The van der Waals surface area contributed by atoms with Gasteiger partial charge in [0.1, 0.15) is 5.75 Å². The molecule has 1 aliphatic rings. The van der Waals surface area contributed by atoms with E-state index < -0.39 is 5.97 Å². The van der Waals surface area contributed by atoms with Gasteiger partial charge < -0.3 is 9.84 Å². The first-order chi connectivity index (χ1) is 9.87. The maximum absolute atomic E-state index is 11.5. The lowest BCUT2D eigenvalue weighted by molar-refractivity contribution is 0.0692. The van der Waals surface area contributed by atoms with E-state index in [1.54, 1.807) is 19.2 Å². The highest BCUT2D eigenvalue weighted by Gasteiger charge is 2.35. The molecular weight excluding hydrogens is 264 g/mol. The Balaban J connectivity index is 2.36. The number of ether oxygens (including phenoxy) is 1. The van der Waals surface area contributed by atoms with Crippen LogP contribution < -0.4 is 4.74 Å². The summed E-state index contributed by atoms with van der Waals surface area (Å²) >= 11 is 0. The number of allylic oxidation sites excluding steroid dienone is 1. The van der Waals surface area contributed by atoms with Gasteiger partial charge in [0, 0.05) is 0 Å². The number of carboxylic acid groups (broad SMARTS) is 1. The van der Waals surface area contributed by atoms with Gasteiger partial charge in [-0.05, 0) is 67.7 Å². The van der Waals surface area contributed by atoms with Gasteiger partial charge in [-0.15, -0.1) is 0 Å². The SMILES string of the molecule is C=C(C)C1CCC(C)(c2cc(OC)ccc2C(=O)O)CC1. The molecule has 0 atom stereocenters. The zero-order valence-electron chi connectivity index (χ0n) is 13.1. The molecule has 0 unspecified atom stereocenters. The van der Waals surface area contributed by atoms with Crippen molar-refractivity contribution in [2.75, 3.05) is 7.11 Å². The van der Waals surface area contributed by atoms with Crippen molar-refractivity contribution in [3.8, 4) is 5.75 Å². The van der Waals surface area contributed by atoms with Gasteiger partial charge in [0.2, 0.25) is 0 Å². The van der Waals surface area contributed by atoms with Crippen LogP contribution in [0.3, 0.4) is 0 Å². The standard InChI is InChI=1S/C18H24O3/c1-12(2)13-7-9-18(3,10-8-13)16-11-14(21-4)5-6-15(16)17(19)20/h5-6,11,13H,1,7-10H2,2-4H3,(H,19,20). The number of hydrogen-bond donors (Lipinski definition) is 1. The van der Waals surface area contributed by atoms with Crippen LogP contribution in [0.1, 0.15) is 55.5 Å². The van der Waals surface area contributed by atoms with E-state index in [-0.39, 0.29) is 5.41 Å². The van der Waals surface area contributed by atoms with E-state index in [0.717, 1.165) is 37.0 Å². The number of hydrogen-bond acceptors (Lipinski definition) is 2. The molecule has 0 aliphatic heterocycles. The summed E-state index contributed by atoms with van der Waals surface area (Å²) in [5, 5.41) is 9.46. The second-order valence-electron chi connectivity index (χ2n) is 6.40. The minimum absolute atomic E-state index is 0.103. The third-order valence-electron chi connectivity index (χ3n) is 4.89. The van der Waals surface area contributed by atoms with Crippen LogP contribution in [0.2, 0.25) is 0 Å². The number of carboxylic acids is 1. The predicted octanol–water partition coefficient (Wildman–Crippen LogP) is 4.42. The molecule has 1 aromatic carbocycles. The van der Waals surface area contributed by atoms with Crippen molar-refractivity contribution in [2.24, 2.45) is 5.92 Å². The van der Waals surface area contributed by atoms with Crippen molar-refractivity contribution < 1.29 is 14.6 Å². The highest BCUT2D eigenvalue weighted by molar-refractivity contribution is 5.90. The van der Waals surface area contributed by atoms with E-state index in [9.17, 15) is 9.90 Å². The van der Waals surface area contributed by atoms with Crippen LogP contribution >= 0.6 is 0 Å². The van der Waals surface area contributed by atoms with Crippen LogP contribution in [0.15, 0.2) is 30.4 Å². The summed E-state index contributed by atoms with van der Waals surface area (Å²) < 4.78 is 5.28. The lowest BCUT2D eigenvalue weighted by Crippen LogP contribution is -2.30. The third kappa shape index (κ3) is 3.12. The van der Waals surface area contributed by atoms with Crippen molar-refractivity contribution in [3.05, 3.63) is 41.5 Å². The Morgan fingerprint density at radius 2 is 2.00 bits per heavy atom. The molecule has 0 amide bonds. The van der Waals surface area contributed by atoms with Crippen molar-refractivity contribution in [1.29, 1.82) is 0 Å². The largest absolute Gasteiger partial charge is 0.497 e. The summed E-state index contributed by atoms with van der Waals surface area (Å²) in [7, 11) is 1.61. The fraction of sp³-hybridized carbons (Fsp3) is 0.500. The summed E-state index contributed by atoms with van der Waals surface area (Å²) in [4.78, 5) is 11.5. The molecular formula is C18H24O3. The van der Waals surface area contributed by atoms with E-state index in [4.69, 9.17) is 4.74 Å². The first kappa shape index (κ1) is 15.6. The summed E-state index contributed by atoms with van der Waals surface area (Å²) in [6, 6.07) is 5.27. The normalized spacial score (nSPS) is 25.4. The van der Waals surface area contributed by atoms with E-state index in [2.05, 4.69) is 20.4 Å². The molecule has 3 nitrogen and oxygen atoms in total. The summed E-state index contributed by atoms with van der Waals surface area (Å²) in [5.41, 5.74) is 2.43. The number of rotatable bonds is 4. The molecule has 0 radical (unpaired) electrons. The molecule has 114 valence electrons. The lowest BCUT2D eigenvalue weighted by atomic mass is 9.66. The van der Waals surface area contributed by atoms with E-state index in [0.29, 0.717) is 11.5 Å². The van der Waals surface area contributed by atoms with E-state index in [1.165, 1.54) is 5.57 Å². The summed E-state index contributed by atoms with van der Waals surface area (Å²) in [5.74, 6) is 0.422. The van der Waals surface area contributed by atoms with Gasteiger partial charge in [0.25, 0.3) is 0 Å². The number of methoxy groups -OCH3 is 1. The Morgan fingerprint density at radius 1 is 1.38 bits per heavy atom. The van der Waals surface area contributed by atoms with Crippen LogP contribution in [0.25, 0.3) is 0 Å². The van der Waals surface area contributed by atoms with Crippen LogP contribution in [-0.2, 0) is 5.41 Å². The smallest absolute Gasteiger partial charge is 0.335 e. The Kier molecular flexibility index (Phi) is 4.40. The Labute approximate surface area is 126 Å². The Morgan fingerprint density at radius 3 is 2.48 bits per heavy atom. The maximum Gasteiger partial charge on any atom is 0.335 e. The molecule has 1 fully saturated rings. The second-order valence-corrected chi connectivity index (χ2v) is 6.40. The second kappa shape index (κ2) is 5.92. The fourth-order valence-corrected chi connectivity index (χ4v) is 3.35. The molecule has 1 N–H and O–H groups in total. The van der Waals surface area contributed by atoms with Crippen LogP contribution in [0, 0.1) is 5.92 Å². The Bertz CT molecular complexity index is 552. The van der Waals surface area contributed by atoms with Crippen molar-refractivity contribution >= 4 is 5.97 Å². The van der Waals surface area contributed by atoms with Gasteiger partial charge in [-0.25, -0.2) is 4.79 Å². The average Bonchev–Trinajstić information content (AvgIpc) is 2.47. The third-order valence-corrected chi connectivity index (χ3v) is 4.89. The quantitative estimate of drug-likeness (QED) is 0.834. The fourth-order valence-electron chi connectivity index (χ4n) is 3.35. The van der Waals surface area contributed by atoms with Gasteiger partial charge in [-0.3, -0.25) is 0 Å². The monoisotopic (exact) mass is 288 g/mol. The molecule has 0 saturated heterocycles. The number of aromatic carboxylic acids is 1. The number of carbonyl (C=O) groups is 1. The van der Waals surface area contributed by atoms with Gasteiger partial charge in [-0.1, -0.05) is 19.1 Å². The molecule has 1 aromatic rings. The summed E-state index contributed by atoms with van der Waals surface area (Å²) in [6.45, 7) is 8.31. The van der Waals surface area contributed by atoms with Crippen molar-refractivity contribution in [3.63, 3.8) is 0 Å². The van der Waals surface area contributed by atoms with E-state index in [1.807, 2.05) is 6.07 Å². The molecule has 1 saturated carbocycles. The molecule has 0 bridgehead atoms. The van der Waals surface area contributed by atoms with Crippen molar-refractivity contribution in [1.82, 2.24) is 0 Å². The van der Waals surface area contributed by atoms with Gasteiger partial charge >= 0.3 is 5.97 Å². The predicted molar refractivity (Wildman–Crippen MR) is 84.1 cm³/mol. The first-order valence-corrected chi connectivity index (χ1v) is 7.44. The highest BCUT2D eigenvalue weighted by Crippen LogP contribution is 2.44. The molecule has 3 heteroatoms. The average molecular weight is 288 g/mol. The highest BCUT2D eigenvalue weighted by atomic mass is 16.5. The van der Waals surface area contributed by atoms with Crippen LogP contribution in [0.5, 0.6) is 5.75 Å². The molecule has 0 aromatic heterocycles. The molecule has 21 heavy (non-hydrogen) atoms. The topological polar surface area (TPSA) is 46.5 Å². The Hall–Kier alpha value is -1.77.